The minimum absolute atomic E-state index is 0.000177. The minimum atomic E-state index is -3.46. The first-order valence-electron chi connectivity index (χ1n) is 16.1. The summed E-state index contributed by atoms with van der Waals surface area (Å²) in [5.74, 6) is -0.935. The van der Waals surface area contributed by atoms with Crippen molar-refractivity contribution in [2.45, 2.75) is 50.7 Å². The van der Waals surface area contributed by atoms with Crippen LogP contribution in [0.4, 0.5) is 24.0 Å². The van der Waals surface area contributed by atoms with E-state index < -0.39 is 27.8 Å². The first-order chi connectivity index (χ1) is 23.4. The maximum atomic E-state index is 17.2. The zero-order chi connectivity index (χ0) is 34.4. The maximum absolute atomic E-state index is 17.2. The number of alkyl halides is 1. The van der Waals surface area contributed by atoms with Crippen LogP contribution in [0.15, 0.2) is 12.1 Å². The van der Waals surface area contributed by atoms with Crippen molar-refractivity contribution in [1.82, 2.24) is 14.3 Å². The molecule has 258 valence electrons. The lowest BCUT2D eigenvalue weighted by Gasteiger charge is -2.30. The molecule has 1 saturated heterocycles. The van der Waals surface area contributed by atoms with Crippen LogP contribution in [0.2, 0.25) is 5.02 Å². The third-order valence-corrected chi connectivity index (χ3v) is 13.4. The Bertz CT molecular complexity index is 2200. The maximum Gasteiger partial charge on any atom is 0.319 e. The quantitative estimate of drug-likeness (QED) is 0.238. The number of anilines is 2. The Morgan fingerprint density at radius 1 is 1.24 bits per heavy atom. The van der Waals surface area contributed by atoms with Crippen LogP contribution in [0.3, 0.4) is 0 Å². The van der Waals surface area contributed by atoms with E-state index in [1.165, 1.54) is 16.4 Å². The predicted molar refractivity (Wildman–Crippen MR) is 181 cm³/mol. The van der Waals surface area contributed by atoms with Crippen molar-refractivity contribution in [1.29, 1.82) is 5.26 Å². The third kappa shape index (κ3) is 5.16. The fraction of sp³-hybridized carbons (Fsp3) is 0.485. The molecule has 3 fully saturated rings. The van der Waals surface area contributed by atoms with Gasteiger partial charge in [0, 0.05) is 35.5 Å². The number of fused-ring (bicyclic) bond motifs is 2. The number of ether oxygens (including phenoxy) is 2. The summed E-state index contributed by atoms with van der Waals surface area (Å²) in [5.41, 5.74) is 5.54. The number of sulfonamides is 1. The van der Waals surface area contributed by atoms with E-state index in [2.05, 4.69) is 4.98 Å². The van der Waals surface area contributed by atoms with Crippen LogP contribution < -0.4 is 20.1 Å². The van der Waals surface area contributed by atoms with Crippen LogP contribution in [-0.2, 0) is 10.0 Å². The molecule has 4 atom stereocenters. The van der Waals surface area contributed by atoms with Crippen LogP contribution in [0.25, 0.3) is 32.1 Å². The predicted octanol–water partition coefficient (Wildman–Crippen LogP) is 6.43. The molecule has 4 heterocycles. The lowest BCUT2D eigenvalue weighted by Crippen LogP contribution is -2.41. The van der Waals surface area contributed by atoms with Crippen molar-refractivity contribution >= 4 is 64.8 Å². The summed E-state index contributed by atoms with van der Waals surface area (Å²) >= 11 is 7.88. The monoisotopic (exact) mass is 732 g/mol. The number of nitrogens with two attached hydrogens (primary N) is 1. The number of aromatic nitrogens is 2. The topological polar surface area (TPSA) is 135 Å². The molecule has 8 rings (SSSR count). The number of hydrogen-bond acceptors (Lipinski definition) is 10. The van der Waals surface area contributed by atoms with Gasteiger partial charge in [-0.15, -0.1) is 11.3 Å². The summed E-state index contributed by atoms with van der Waals surface area (Å²) in [6.07, 6.45) is 4.31. The van der Waals surface area contributed by atoms with Gasteiger partial charge >= 0.3 is 6.01 Å². The van der Waals surface area contributed by atoms with Crippen molar-refractivity contribution < 1.29 is 31.1 Å². The molecule has 4 aromatic rings. The number of thiophene rings is 1. The van der Waals surface area contributed by atoms with Gasteiger partial charge in [-0.1, -0.05) is 24.1 Å². The molecule has 10 nitrogen and oxygen atoms in total. The van der Waals surface area contributed by atoms with Gasteiger partial charge in [0.25, 0.3) is 0 Å². The van der Waals surface area contributed by atoms with E-state index in [0.717, 1.165) is 36.9 Å². The molecule has 49 heavy (non-hydrogen) atoms. The molecule has 0 amide bonds. The Kier molecular flexibility index (Phi) is 7.82. The van der Waals surface area contributed by atoms with E-state index in [1.807, 2.05) is 11.0 Å². The number of nitrogen functional groups attached to an aromatic ring is 1. The molecule has 2 unspecified atom stereocenters. The number of nitrogens with zero attached hydrogens (tertiary/aromatic N) is 5. The van der Waals surface area contributed by atoms with E-state index >= 15 is 4.39 Å². The summed E-state index contributed by atoms with van der Waals surface area (Å²) in [7, 11) is -3.46. The molecule has 2 saturated carbocycles. The Balaban J connectivity index is 1.33. The zero-order valence-corrected chi connectivity index (χ0v) is 28.8. The molecule has 4 aliphatic rings. The van der Waals surface area contributed by atoms with Gasteiger partial charge in [0.05, 0.1) is 40.1 Å². The average Bonchev–Trinajstić information content (AvgIpc) is 3.81. The summed E-state index contributed by atoms with van der Waals surface area (Å²) in [5, 5.41) is 10.2. The highest BCUT2D eigenvalue weighted by atomic mass is 35.5. The molecule has 0 spiro atoms. The van der Waals surface area contributed by atoms with Gasteiger partial charge in [-0.2, -0.15) is 15.2 Å². The highest BCUT2D eigenvalue weighted by Gasteiger charge is 2.51. The molecule has 2 aromatic heterocycles. The van der Waals surface area contributed by atoms with Crippen molar-refractivity contribution in [3.05, 3.63) is 34.4 Å². The summed E-state index contributed by atoms with van der Waals surface area (Å²) in [6.45, 7) is 1.03. The third-order valence-electron chi connectivity index (χ3n) is 10.8. The van der Waals surface area contributed by atoms with E-state index in [1.54, 1.807) is 0 Å². The molecule has 2 N–H and O–H groups in total. The van der Waals surface area contributed by atoms with Gasteiger partial charge in [0.1, 0.15) is 41.0 Å². The zero-order valence-electron chi connectivity index (χ0n) is 26.4. The standard InChI is InChI=1S/C33H32ClF3N6O4S2/c1-49(44,45)42-8-6-18(14-42)43-9-10-46-28-24-27(40-32(41-31(24)43)47-15-33-7-2-3-16(33)11-17(35)12-33)26(37)23(25(28)34)19-4-5-21(36)29-22(19)20(13-38)30(39)48-29/h4-5,16-18H,2-3,6-12,14-15,39H2,1H3/t16?,17-,18?,33-/m0/s1. The van der Waals surface area contributed by atoms with Gasteiger partial charge in [-0.05, 0) is 49.7 Å². The summed E-state index contributed by atoms with van der Waals surface area (Å²) in [4.78, 5) is 11.2. The van der Waals surface area contributed by atoms with Crippen LogP contribution in [0, 0.1) is 34.3 Å². The summed E-state index contributed by atoms with van der Waals surface area (Å²) < 4.78 is 85.6. The highest BCUT2D eigenvalue weighted by molar-refractivity contribution is 7.88. The average molecular weight is 733 g/mol. The van der Waals surface area contributed by atoms with Gasteiger partial charge in [0.15, 0.2) is 11.6 Å². The van der Waals surface area contributed by atoms with Gasteiger partial charge in [0.2, 0.25) is 10.0 Å². The molecule has 16 heteroatoms. The number of halogens is 4. The second-order valence-corrected chi connectivity index (χ2v) is 16.9. The smallest absolute Gasteiger partial charge is 0.319 e. The molecule has 2 aliphatic heterocycles. The van der Waals surface area contributed by atoms with Crippen LogP contribution in [0.5, 0.6) is 11.8 Å². The Hall–Kier alpha value is -3.58. The normalized spacial score (nSPS) is 25.5. The van der Waals surface area contributed by atoms with E-state index in [9.17, 15) is 22.5 Å². The number of nitriles is 1. The van der Waals surface area contributed by atoms with E-state index in [-0.39, 0.29) is 109 Å². The Morgan fingerprint density at radius 2 is 2.06 bits per heavy atom. The molecular formula is C33H32ClF3N6O4S2. The largest absolute Gasteiger partial charge is 0.489 e. The number of rotatable bonds is 6. The molecule has 0 bridgehead atoms. The minimum Gasteiger partial charge on any atom is -0.489 e. The lowest BCUT2D eigenvalue weighted by molar-refractivity contribution is 0.110. The first kappa shape index (κ1) is 32.6. The van der Waals surface area contributed by atoms with Crippen molar-refractivity contribution in [2.75, 3.05) is 49.7 Å². The van der Waals surface area contributed by atoms with Crippen LogP contribution in [0.1, 0.15) is 44.1 Å². The molecule has 0 radical (unpaired) electrons. The van der Waals surface area contributed by atoms with Crippen LogP contribution in [-0.4, -0.2) is 74.0 Å². The van der Waals surface area contributed by atoms with Crippen molar-refractivity contribution in [2.24, 2.45) is 11.3 Å². The lowest BCUT2D eigenvalue weighted by atomic mass is 9.81. The van der Waals surface area contributed by atoms with E-state index in [0.29, 0.717) is 25.8 Å². The van der Waals surface area contributed by atoms with Gasteiger partial charge in [-0.25, -0.2) is 25.9 Å². The SMILES string of the molecule is CS(=O)(=O)N1CCC(N2CCOc3c(Cl)c(-c4ccc(F)c5sc(N)c(C#N)c45)c(F)c4nc(OC[C@@]56CCCC5C[C@H](F)C6)nc2c34)C1. The molecule has 2 aliphatic carbocycles. The fourth-order valence-corrected chi connectivity index (χ4v) is 10.7. The van der Waals surface area contributed by atoms with Crippen molar-refractivity contribution in [3.8, 4) is 29.0 Å². The fourth-order valence-electron chi connectivity index (χ4n) is 8.50. The Labute approximate surface area is 289 Å². The molecule has 2 aromatic carbocycles. The molecular weight excluding hydrogens is 701 g/mol. The van der Waals surface area contributed by atoms with Crippen molar-refractivity contribution in [3.63, 3.8) is 0 Å². The van der Waals surface area contributed by atoms with Gasteiger partial charge < -0.3 is 20.1 Å². The Morgan fingerprint density at radius 3 is 2.82 bits per heavy atom. The number of benzene rings is 2. The summed E-state index contributed by atoms with van der Waals surface area (Å²) in [6, 6.07) is 4.09. The first-order valence-corrected chi connectivity index (χ1v) is 19.2. The second-order valence-electron chi connectivity index (χ2n) is 13.5. The van der Waals surface area contributed by atoms with Crippen LogP contribution >= 0.6 is 22.9 Å². The highest BCUT2D eigenvalue weighted by Crippen LogP contribution is 2.56. The second kappa shape index (κ2) is 11.8. The van der Waals surface area contributed by atoms with E-state index in [4.69, 9.17) is 31.8 Å². The number of hydrogen-bond donors (Lipinski definition) is 1. The van der Waals surface area contributed by atoms with Gasteiger partial charge in [-0.3, -0.25) is 0 Å².